The van der Waals surface area contributed by atoms with Gasteiger partial charge in [0.15, 0.2) is 25.2 Å². The molecule has 0 aromatic rings. The Morgan fingerprint density at radius 1 is 0.434 bits per heavy atom. The van der Waals surface area contributed by atoms with E-state index in [-0.39, 0.29) is 18.7 Å². The molecule has 0 radical (unpaired) electrons. The van der Waals surface area contributed by atoms with E-state index >= 15 is 0 Å². The number of carbonyl (C=O) groups is 6. The molecule has 6 heterocycles. The lowest BCUT2D eigenvalue weighted by Crippen LogP contribution is -2.74. The van der Waals surface area contributed by atoms with Gasteiger partial charge in [0, 0.05) is 40.0 Å². The molecule has 31 N–H and O–H groups in total. The monoisotopic (exact) mass is 1870 g/mol. The van der Waals surface area contributed by atoms with E-state index < -0.39 is 302 Å². The number of aliphatic hydroxyl groups is 19. The third kappa shape index (κ3) is 34.2. The molecule has 45 heteroatoms. The highest BCUT2D eigenvalue weighted by Gasteiger charge is 2.62. The van der Waals surface area contributed by atoms with Crippen LogP contribution in [0.1, 0.15) is 227 Å². The predicted molar refractivity (Wildman–Crippen MR) is 446 cm³/mol. The van der Waals surface area contributed by atoms with Crippen molar-refractivity contribution >= 4 is 35.6 Å². The number of carbonyl (C=O) groups excluding carboxylic acids is 6. The van der Waals surface area contributed by atoms with Gasteiger partial charge in [0.25, 0.3) is 0 Å². The number of unbranched alkanes of at least 4 members (excludes halogenated alkanes) is 25. The van der Waals surface area contributed by atoms with E-state index in [0.29, 0.717) is 12.8 Å². The first-order valence-electron chi connectivity index (χ1n) is 45.2. The van der Waals surface area contributed by atoms with E-state index in [2.05, 4.69) is 35.1 Å². The van der Waals surface area contributed by atoms with Crippen molar-refractivity contribution in [2.24, 2.45) is 0 Å². The van der Waals surface area contributed by atoms with Crippen LogP contribution in [0.15, 0.2) is 12.2 Å². The van der Waals surface area contributed by atoms with Gasteiger partial charge in [-0.05, 0) is 19.3 Å². The lowest BCUT2D eigenvalue weighted by molar-refractivity contribution is -0.423. The Bertz CT molecular complexity index is 3210. The Balaban J connectivity index is 0.0000174. The highest BCUT2D eigenvalue weighted by molar-refractivity contribution is 5.77. The molecular weight excluding hydrogens is 1720 g/mol. The van der Waals surface area contributed by atoms with Crippen LogP contribution in [0.3, 0.4) is 0 Å². The van der Waals surface area contributed by atoms with Crippen LogP contribution in [-0.2, 0) is 85.6 Å². The number of amides is 4. The number of hydrogen-bond donors (Lipinski definition) is 25. The first-order chi connectivity index (χ1) is 60.6. The molecule has 6 fully saturated rings. The standard InChI is InChI=1S/C84H148N4O39.2H3N/c1-6-8-10-12-14-16-18-20-21-23-25-27-29-31-33-35-58(102)88-48(49(98)34-32-30-28-26-24-22-19-17-15-13-11-9-7-2)44-116-78-69(110)67(108)71(56(42-93)119-78)121-80-70(111)76(72(57(43-94)120-80)122-77-61(87-47(5)97)73(64(105)54(40-91)117-77)123-79-68(109)66(107)63(104)53(39-90)118-79)127-84(82(114)115)37-51(100)60(86-46(4)96)75(126-84)65(106)55(41-92)124-83(81(112)113)36-50(99)59(85-45(3)95)74(125-83)62(103)52(101)38-89;;/h32,34,48-57,59-80,89-94,98-101,103-111H,6-31,33,35-44H2,1-5H3,(H,85,95)(H,86,96)(H,87,97)(H,88,102)(H,112,113)(H,114,115);2*1H3/b34-32+;;/t48-,49+,50-,51-,52+,53+,54+,55+,56+,57+,59+,60+,61+,62+,63-,64-,65+,66-,67+,68+,69+,70+,71+,72-,73+,74+,75+,76+,77-,78+,79-,80-,83+,84-;;/m0../s1. The van der Waals surface area contributed by atoms with Gasteiger partial charge in [0.2, 0.25) is 35.2 Å². The van der Waals surface area contributed by atoms with E-state index in [9.17, 15) is 136 Å². The second kappa shape index (κ2) is 59.3. The van der Waals surface area contributed by atoms with E-state index in [1.165, 1.54) is 102 Å². The summed E-state index contributed by atoms with van der Waals surface area (Å²) in [6.45, 7) is -1.17. The molecule has 6 aliphatic rings. The fourth-order valence-electron chi connectivity index (χ4n) is 16.9. The summed E-state index contributed by atoms with van der Waals surface area (Å²) in [5.41, 5.74) is 0. The summed E-state index contributed by atoms with van der Waals surface area (Å²) in [4.78, 5) is 80.0. The van der Waals surface area contributed by atoms with Gasteiger partial charge in [-0.25, -0.2) is 0 Å². The van der Waals surface area contributed by atoms with Crippen molar-refractivity contribution in [2.75, 3.05) is 46.2 Å². The smallest absolute Gasteiger partial charge is 0.220 e. The third-order valence-corrected chi connectivity index (χ3v) is 24.1. The number of nitrogens with one attached hydrogen (secondary N) is 4. The zero-order chi connectivity index (χ0) is 93.8. The van der Waals surface area contributed by atoms with E-state index in [0.717, 1.165) is 85.0 Å². The zero-order valence-corrected chi connectivity index (χ0v) is 75.5. The van der Waals surface area contributed by atoms with Crippen molar-refractivity contribution in [1.82, 2.24) is 33.6 Å². The van der Waals surface area contributed by atoms with Crippen LogP contribution in [0.4, 0.5) is 0 Å². The van der Waals surface area contributed by atoms with Gasteiger partial charge in [-0.3, -0.25) is 19.2 Å². The number of carboxylic acids is 2. The Kier molecular flexibility index (Phi) is 53.6. The molecule has 129 heavy (non-hydrogen) atoms. The van der Waals surface area contributed by atoms with Crippen molar-refractivity contribution in [1.29, 1.82) is 0 Å². The summed E-state index contributed by atoms with van der Waals surface area (Å²) in [5.74, 6) is -15.9. The summed E-state index contributed by atoms with van der Waals surface area (Å²) in [5, 5.41) is 252. The molecule has 6 aliphatic heterocycles. The topological polar surface area (TPSA) is 765 Å². The molecule has 0 spiro atoms. The van der Waals surface area contributed by atoms with Crippen molar-refractivity contribution < 1.29 is 193 Å². The Morgan fingerprint density at radius 2 is 0.837 bits per heavy atom. The lowest BCUT2D eigenvalue weighted by atomic mass is 9.87. The molecule has 4 amide bonds. The van der Waals surface area contributed by atoms with Crippen LogP contribution in [0, 0.1) is 0 Å². The summed E-state index contributed by atoms with van der Waals surface area (Å²) in [6.07, 6.45) is -33.1. The molecule has 6 rings (SSSR count). The number of aliphatic hydroxyl groups excluding tert-OH is 19. The Labute approximate surface area is 752 Å². The first-order valence-corrected chi connectivity index (χ1v) is 45.2. The van der Waals surface area contributed by atoms with Gasteiger partial charge in [0.1, 0.15) is 146 Å². The average molecular weight is 1870 g/mol. The molecule has 6 saturated heterocycles. The minimum absolute atomic E-state index is 0. The number of hydrogen-bond acceptors (Lipinski definition) is 39. The Hall–Kier alpha value is -4.76. The van der Waals surface area contributed by atoms with Gasteiger partial charge < -0.3 is 207 Å². The van der Waals surface area contributed by atoms with E-state index in [1.807, 2.05) is 0 Å². The molecule has 0 aliphatic carbocycles. The van der Waals surface area contributed by atoms with Crippen LogP contribution in [0.5, 0.6) is 0 Å². The maximum absolute atomic E-state index is 14.3. The Morgan fingerprint density at radius 3 is 1.32 bits per heavy atom. The molecule has 34 atom stereocenters. The van der Waals surface area contributed by atoms with Crippen molar-refractivity contribution in [2.45, 2.75) is 435 Å². The fourth-order valence-corrected chi connectivity index (χ4v) is 16.9. The normalized spacial score (nSPS) is 34.6. The van der Waals surface area contributed by atoms with Crippen LogP contribution < -0.4 is 43.8 Å². The molecule has 0 saturated carbocycles. The molecule has 45 nitrogen and oxygen atoms in total. The fraction of sp³-hybridized carbons (Fsp3) is 0.905. The van der Waals surface area contributed by atoms with Crippen LogP contribution in [-0.4, -0.2) is 386 Å². The van der Waals surface area contributed by atoms with Gasteiger partial charge in [-0.1, -0.05) is 180 Å². The van der Waals surface area contributed by atoms with Gasteiger partial charge in [-0.15, -0.1) is 0 Å². The third-order valence-electron chi connectivity index (χ3n) is 24.1. The number of carboxylic acid groups (broad SMARTS) is 2. The van der Waals surface area contributed by atoms with Gasteiger partial charge in [0.05, 0.1) is 82.7 Å². The number of allylic oxidation sites excluding steroid dienone is 1. The zero-order valence-electron chi connectivity index (χ0n) is 75.5. The minimum Gasteiger partial charge on any atom is -0.544 e. The van der Waals surface area contributed by atoms with Crippen molar-refractivity contribution in [3.63, 3.8) is 0 Å². The van der Waals surface area contributed by atoms with Crippen molar-refractivity contribution in [3.05, 3.63) is 12.2 Å². The van der Waals surface area contributed by atoms with Gasteiger partial charge in [-0.2, -0.15) is 0 Å². The molecule has 0 aromatic heterocycles. The lowest BCUT2D eigenvalue weighted by Gasteiger charge is -2.54. The summed E-state index contributed by atoms with van der Waals surface area (Å²) in [7, 11) is 0. The van der Waals surface area contributed by atoms with Crippen LogP contribution >= 0.6 is 0 Å². The largest absolute Gasteiger partial charge is 0.544 e. The maximum atomic E-state index is 14.3. The molecule has 0 aromatic carbocycles. The molecular formula is C84H154N6O39. The summed E-state index contributed by atoms with van der Waals surface area (Å²) < 4.78 is 71.8. The minimum atomic E-state index is -3.82. The summed E-state index contributed by atoms with van der Waals surface area (Å²) >= 11 is 0. The highest BCUT2D eigenvalue weighted by atomic mass is 16.8. The van der Waals surface area contributed by atoms with Crippen LogP contribution in [0.25, 0.3) is 0 Å². The number of aliphatic carboxylic acids is 2. The SMILES string of the molecule is CCCCCCCCCCCCC/C=C/[C@@H](O)[C@H](CO[C@@H]1O[C@H](CO)[C@@H](O[C@@H]2O[C@H](CO)[C@H](O[C@@H]3O[C@H](CO)[C@H](O)[C@H](O[C@@H]4O[C@H](CO)[C@H](O)[C@H](O)[C@H]4O)[C@H]3NC(C)=O)[C@H](O[C@]3(C(=O)[O-])C[C@H](O)[C@@H](NC(C)=O)[C@H]([C@H](O)[C@@H](CO)O[C@]4(C(=O)[O-])C[C@H](O)[C@@H](NC(C)=O)[C@H]([C@H](O)[C@H](O)CO)O4)O3)[C@H]2O)[C@H](O)[C@H]1O)NC(=O)CCCCCCCCCCCCCCCCC.[NH4+].[NH4+]. The maximum Gasteiger partial charge on any atom is 0.220 e. The molecule has 0 bridgehead atoms. The number of quaternary nitrogens is 2. The average Bonchev–Trinajstić information content (AvgIpc) is 0.741. The predicted octanol–water partition coefficient (Wildman–Crippen LogP) is -5.79. The van der Waals surface area contributed by atoms with E-state index in [1.54, 1.807) is 6.08 Å². The number of ether oxygens (including phenoxy) is 12. The second-order valence-electron chi connectivity index (χ2n) is 34.2. The highest BCUT2D eigenvalue weighted by Crippen LogP contribution is 2.43. The van der Waals surface area contributed by atoms with Crippen molar-refractivity contribution in [3.8, 4) is 0 Å². The molecule has 754 valence electrons. The summed E-state index contributed by atoms with van der Waals surface area (Å²) in [6, 6.07) is -7.24. The number of rotatable bonds is 59. The second-order valence-corrected chi connectivity index (χ2v) is 34.2. The van der Waals surface area contributed by atoms with Gasteiger partial charge >= 0.3 is 0 Å². The van der Waals surface area contributed by atoms with Crippen LogP contribution in [0.2, 0.25) is 0 Å². The first kappa shape index (κ1) is 117. The quantitative estimate of drug-likeness (QED) is 0.0199. The molecule has 0 unspecified atom stereocenters. The van der Waals surface area contributed by atoms with E-state index in [4.69, 9.17) is 56.8 Å².